The highest BCUT2D eigenvalue weighted by molar-refractivity contribution is 6.31. The third kappa shape index (κ3) is 2.66. The number of benzene rings is 1. The molecule has 2 rings (SSSR count). The van der Waals surface area contributed by atoms with Crippen molar-refractivity contribution in [2.24, 2.45) is 7.05 Å². The second-order valence-corrected chi connectivity index (χ2v) is 4.78. The molecule has 1 heterocycles. The summed E-state index contributed by atoms with van der Waals surface area (Å²) in [5, 5.41) is 4.71. The Balaban J connectivity index is 2.21. The van der Waals surface area contributed by atoms with Crippen LogP contribution in [0.5, 0.6) is 5.75 Å². The van der Waals surface area contributed by atoms with Crippen LogP contribution in [0.3, 0.4) is 0 Å². The van der Waals surface area contributed by atoms with Crippen LogP contribution in [0.25, 0.3) is 0 Å². The number of hydrogen-bond acceptors (Lipinski definition) is 3. The summed E-state index contributed by atoms with van der Waals surface area (Å²) in [5.41, 5.74) is 8.21. The lowest BCUT2D eigenvalue weighted by molar-refractivity contribution is 0.280. The van der Waals surface area contributed by atoms with Crippen molar-refractivity contribution in [1.29, 1.82) is 0 Å². The summed E-state index contributed by atoms with van der Waals surface area (Å²) in [4.78, 5) is 0. The first-order valence-corrected chi connectivity index (χ1v) is 6.14. The monoisotopic (exact) mass is 283 g/mol. The molecule has 0 radical (unpaired) electrons. The molecule has 0 amide bonds. The van der Waals surface area contributed by atoms with Gasteiger partial charge in [0.15, 0.2) is 11.6 Å². The summed E-state index contributed by atoms with van der Waals surface area (Å²) in [7, 11) is 1.77. The molecular formula is C13H15ClFN3O. The molecule has 0 atom stereocenters. The molecule has 0 fully saturated rings. The summed E-state index contributed by atoms with van der Waals surface area (Å²) in [6.45, 7) is 3.75. The molecule has 2 aromatic rings. The number of anilines is 1. The molecular weight excluding hydrogens is 269 g/mol. The number of ether oxygens (including phenoxy) is 1. The maximum absolute atomic E-state index is 13.7. The summed E-state index contributed by atoms with van der Waals surface area (Å²) in [6.07, 6.45) is 0. The Kier molecular flexibility index (Phi) is 3.66. The van der Waals surface area contributed by atoms with Gasteiger partial charge in [-0.05, 0) is 25.5 Å². The van der Waals surface area contributed by atoms with Crippen molar-refractivity contribution < 1.29 is 9.13 Å². The molecule has 4 nitrogen and oxygen atoms in total. The van der Waals surface area contributed by atoms with Crippen LogP contribution in [0.4, 0.5) is 10.1 Å². The third-order valence-corrected chi connectivity index (χ3v) is 3.44. The van der Waals surface area contributed by atoms with Gasteiger partial charge in [0.05, 0.1) is 16.4 Å². The van der Waals surface area contributed by atoms with Crippen molar-refractivity contribution in [2.45, 2.75) is 20.5 Å². The van der Waals surface area contributed by atoms with Crippen LogP contribution in [0.2, 0.25) is 5.02 Å². The summed E-state index contributed by atoms with van der Waals surface area (Å²) in [5.74, 6) is -0.334. The minimum Gasteiger partial charge on any atom is -0.484 e. The van der Waals surface area contributed by atoms with Crippen molar-refractivity contribution in [2.75, 3.05) is 5.73 Å². The molecule has 0 aliphatic heterocycles. The average Bonchev–Trinajstić information content (AvgIpc) is 2.57. The molecule has 0 unspecified atom stereocenters. The zero-order valence-electron chi connectivity index (χ0n) is 11.0. The van der Waals surface area contributed by atoms with E-state index in [-0.39, 0.29) is 12.4 Å². The lowest BCUT2D eigenvalue weighted by Gasteiger charge is -2.10. The first-order valence-electron chi connectivity index (χ1n) is 5.76. The Hall–Kier alpha value is -1.75. The van der Waals surface area contributed by atoms with E-state index in [2.05, 4.69) is 5.10 Å². The van der Waals surface area contributed by atoms with E-state index < -0.39 is 5.82 Å². The zero-order chi connectivity index (χ0) is 14.2. The van der Waals surface area contributed by atoms with Crippen molar-refractivity contribution in [3.05, 3.63) is 39.9 Å². The maximum atomic E-state index is 13.7. The Labute approximate surface area is 115 Å². The Morgan fingerprint density at radius 2 is 2.11 bits per heavy atom. The van der Waals surface area contributed by atoms with Crippen molar-refractivity contribution in [3.63, 3.8) is 0 Å². The molecule has 102 valence electrons. The van der Waals surface area contributed by atoms with Gasteiger partial charge in [0.1, 0.15) is 6.61 Å². The van der Waals surface area contributed by atoms with Crippen LogP contribution < -0.4 is 10.5 Å². The lowest BCUT2D eigenvalue weighted by Crippen LogP contribution is -2.05. The van der Waals surface area contributed by atoms with Gasteiger partial charge in [0, 0.05) is 18.8 Å². The second-order valence-electron chi connectivity index (χ2n) is 4.40. The highest BCUT2D eigenvalue weighted by Crippen LogP contribution is 2.26. The minimum atomic E-state index is -0.488. The van der Waals surface area contributed by atoms with Crippen LogP contribution >= 0.6 is 11.6 Å². The molecule has 6 heteroatoms. The topological polar surface area (TPSA) is 53.1 Å². The fourth-order valence-corrected chi connectivity index (χ4v) is 1.98. The number of halogens is 2. The number of hydrogen-bond donors (Lipinski definition) is 1. The zero-order valence-corrected chi connectivity index (χ0v) is 11.8. The van der Waals surface area contributed by atoms with Crippen LogP contribution in [0.15, 0.2) is 12.1 Å². The fourth-order valence-electron chi connectivity index (χ4n) is 1.76. The number of aryl methyl sites for hydroxylation is 3. The van der Waals surface area contributed by atoms with Gasteiger partial charge in [-0.15, -0.1) is 0 Å². The van der Waals surface area contributed by atoms with Gasteiger partial charge < -0.3 is 10.5 Å². The van der Waals surface area contributed by atoms with E-state index in [9.17, 15) is 4.39 Å². The van der Waals surface area contributed by atoms with E-state index >= 15 is 0 Å². The SMILES string of the molecule is Cc1cc(OCc2c(Cl)c(C)nn2C)c(F)cc1N. The average molecular weight is 284 g/mol. The van der Waals surface area contributed by atoms with Crippen LogP contribution in [-0.2, 0) is 13.7 Å². The van der Waals surface area contributed by atoms with Crippen molar-refractivity contribution in [1.82, 2.24) is 9.78 Å². The molecule has 0 bridgehead atoms. The molecule has 1 aromatic heterocycles. The van der Waals surface area contributed by atoms with Gasteiger partial charge in [0.2, 0.25) is 0 Å². The van der Waals surface area contributed by atoms with Crippen molar-refractivity contribution >= 4 is 17.3 Å². The van der Waals surface area contributed by atoms with Gasteiger partial charge in [0.25, 0.3) is 0 Å². The lowest BCUT2D eigenvalue weighted by atomic mass is 10.2. The molecule has 1 aromatic carbocycles. The van der Waals surface area contributed by atoms with E-state index in [1.54, 1.807) is 31.6 Å². The minimum absolute atomic E-state index is 0.149. The Morgan fingerprint density at radius 1 is 1.42 bits per heavy atom. The standard InChI is InChI=1S/C13H15ClFN3O/c1-7-4-12(9(15)5-10(7)16)19-6-11-13(14)8(2)17-18(11)3/h4-5H,6,16H2,1-3H3. The highest BCUT2D eigenvalue weighted by atomic mass is 35.5. The van der Waals surface area contributed by atoms with Gasteiger partial charge >= 0.3 is 0 Å². The number of nitrogens with zero attached hydrogens (tertiary/aromatic N) is 2. The number of rotatable bonds is 3. The predicted molar refractivity (Wildman–Crippen MR) is 72.8 cm³/mol. The molecule has 19 heavy (non-hydrogen) atoms. The normalized spacial score (nSPS) is 10.8. The maximum Gasteiger partial charge on any atom is 0.167 e. The van der Waals surface area contributed by atoms with E-state index in [1.165, 1.54) is 6.07 Å². The first-order chi connectivity index (χ1) is 8.90. The van der Waals surface area contributed by atoms with Crippen molar-refractivity contribution in [3.8, 4) is 5.75 Å². The number of nitrogen functional groups attached to an aromatic ring is 1. The Morgan fingerprint density at radius 3 is 2.68 bits per heavy atom. The third-order valence-electron chi connectivity index (χ3n) is 2.95. The molecule has 0 saturated carbocycles. The van der Waals surface area contributed by atoms with Gasteiger partial charge in [-0.3, -0.25) is 4.68 Å². The van der Waals surface area contributed by atoms with E-state index in [1.807, 2.05) is 0 Å². The van der Waals surface area contributed by atoms with E-state index in [0.717, 1.165) is 11.3 Å². The quantitative estimate of drug-likeness (QED) is 0.881. The van der Waals surface area contributed by atoms with Crippen LogP contribution in [-0.4, -0.2) is 9.78 Å². The molecule has 0 aliphatic carbocycles. The van der Waals surface area contributed by atoms with E-state index in [4.69, 9.17) is 22.1 Å². The van der Waals surface area contributed by atoms with Crippen LogP contribution in [0.1, 0.15) is 17.0 Å². The number of aromatic nitrogens is 2. The summed E-state index contributed by atoms with van der Waals surface area (Å²) in [6, 6.07) is 2.82. The molecule has 0 aliphatic rings. The number of nitrogens with two attached hydrogens (primary N) is 1. The Bertz CT molecular complexity index is 625. The largest absolute Gasteiger partial charge is 0.484 e. The molecule has 0 saturated heterocycles. The first kappa shape index (κ1) is 13.7. The second kappa shape index (κ2) is 5.09. The predicted octanol–water partition coefficient (Wildman–Crippen LogP) is 2.99. The van der Waals surface area contributed by atoms with Gasteiger partial charge in [-0.2, -0.15) is 5.10 Å². The summed E-state index contributed by atoms with van der Waals surface area (Å²) < 4.78 is 20.8. The van der Waals surface area contributed by atoms with Crippen LogP contribution in [0, 0.1) is 19.7 Å². The summed E-state index contributed by atoms with van der Waals surface area (Å²) >= 11 is 6.10. The van der Waals surface area contributed by atoms with Gasteiger partial charge in [-0.25, -0.2) is 4.39 Å². The van der Waals surface area contributed by atoms with E-state index in [0.29, 0.717) is 16.4 Å². The molecule has 2 N–H and O–H groups in total. The highest BCUT2D eigenvalue weighted by Gasteiger charge is 2.13. The smallest absolute Gasteiger partial charge is 0.167 e. The fraction of sp³-hybridized carbons (Fsp3) is 0.308. The van der Waals surface area contributed by atoms with Gasteiger partial charge in [-0.1, -0.05) is 11.6 Å². The molecule has 0 spiro atoms.